The van der Waals surface area contributed by atoms with E-state index in [0.717, 1.165) is 11.1 Å². The molecule has 0 unspecified atom stereocenters. The molecule has 1 aromatic rings. The summed E-state index contributed by atoms with van der Waals surface area (Å²) in [7, 11) is 0. The number of rotatable bonds is 1. The maximum Gasteiger partial charge on any atom is 0.263 e. The summed E-state index contributed by atoms with van der Waals surface area (Å²) in [5.41, 5.74) is 1.58. The van der Waals surface area contributed by atoms with Gasteiger partial charge in [-0.05, 0) is 34.8 Å². The lowest BCUT2D eigenvalue weighted by atomic mass is 9.85. The Balaban J connectivity index is 2.40. The summed E-state index contributed by atoms with van der Waals surface area (Å²) in [6, 6.07) is 5.34. The Labute approximate surface area is 122 Å². The minimum atomic E-state index is -0.166. The molecule has 1 heterocycles. The second-order valence-corrected chi connectivity index (χ2v) is 7.10. The minimum absolute atomic E-state index is 0.154. The van der Waals surface area contributed by atoms with Crippen LogP contribution < -0.4 is 5.32 Å². The number of carbonyl (C=O) groups excluding carboxylic acids is 1. The van der Waals surface area contributed by atoms with Crippen molar-refractivity contribution in [3.63, 3.8) is 0 Å². The van der Waals surface area contributed by atoms with Crippen LogP contribution in [0.1, 0.15) is 31.9 Å². The molecule has 0 spiro atoms. The lowest BCUT2D eigenvalue weighted by Crippen LogP contribution is -2.17. The van der Waals surface area contributed by atoms with Gasteiger partial charge in [-0.2, -0.15) is 0 Å². The molecule has 0 bridgehead atoms. The summed E-state index contributed by atoms with van der Waals surface area (Å²) in [5.74, 6) is 0.106. The van der Waals surface area contributed by atoms with Crippen LogP contribution in [0.2, 0.25) is 0 Å². The highest BCUT2D eigenvalue weighted by Crippen LogP contribution is 2.33. The maximum absolute atomic E-state index is 11.6. The van der Waals surface area contributed by atoms with E-state index in [-0.39, 0.29) is 17.1 Å². The van der Waals surface area contributed by atoms with Gasteiger partial charge in [0.05, 0.1) is 4.91 Å². The van der Waals surface area contributed by atoms with E-state index in [1.165, 1.54) is 11.8 Å². The Morgan fingerprint density at radius 3 is 2.58 bits per heavy atom. The first-order chi connectivity index (χ1) is 8.77. The Morgan fingerprint density at radius 1 is 1.37 bits per heavy atom. The fourth-order valence-electron chi connectivity index (χ4n) is 1.82. The molecule has 1 saturated heterocycles. The molecule has 0 saturated carbocycles. The average Bonchev–Trinajstić information content (AvgIpc) is 2.58. The largest absolute Gasteiger partial charge is 0.508 e. The van der Waals surface area contributed by atoms with Crippen molar-refractivity contribution in [1.82, 2.24) is 5.32 Å². The predicted octanol–water partition coefficient (Wildman–Crippen LogP) is 3.18. The van der Waals surface area contributed by atoms with Gasteiger partial charge < -0.3 is 10.4 Å². The van der Waals surface area contributed by atoms with Crippen LogP contribution in [0.15, 0.2) is 23.1 Å². The first-order valence-corrected chi connectivity index (χ1v) is 7.08. The number of phenols is 1. The van der Waals surface area contributed by atoms with Crippen molar-refractivity contribution in [2.45, 2.75) is 26.2 Å². The highest BCUT2D eigenvalue weighted by Gasteiger charge is 2.23. The van der Waals surface area contributed by atoms with Crippen molar-refractivity contribution in [1.29, 1.82) is 0 Å². The number of phenolic OH excluding ortho intramolecular Hbond substituents is 1. The molecular formula is C14H15NO2S2. The van der Waals surface area contributed by atoms with E-state index in [1.807, 2.05) is 26.8 Å². The molecule has 0 radical (unpaired) electrons. The third-order valence-electron chi connectivity index (χ3n) is 2.77. The predicted molar refractivity (Wildman–Crippen MR) is 83.1 cm³/mol. The molecule has 19 heavy (non-hydrogen) atoms. The molecule has 0 aliphatic carbocycles. The van der Waals surface area contributed by atoms with E-state index in [4.69, 9.17) is 12.2 Å². The number of thiocarbonyl (C=S) groups is 1. The SMILES string of the molecule is CC(C)(C)c1cc(/C=C2/SC(=S)NC2=O)ccc1O. The van der Waals surface area contributed by atoms with E-state index in [9.17, 15) is 9.90 Å². The molecule has 1 fully saturated rings. The highest BCUT2D eigenvalue weighted by molar-refractivity contribution is 8.26. The molecular weight excluding hydrogens is 278 g/mol. The molecule has 1 aliphatic rings. The Kier molecular flexibility index (Phi) is 3.69. The Morgan fingerprint density at radius 2 is 2.05 bits per heavy atom. The lowest BCUT2D eigenvalue weighted by Gasteiger charge is -2.20. The van der Waals surface area contributed by atoms with Crippen LogP contribution in [-0.2, 0) is 10.2 Å². The van der Waals surface area contributed by atoms with Crippen LogP contribution in [0.5, 0.6) is 5.75 Å². The molecule has 0 atom stereocenters. The summed E-state index contributed by atoms with van der Waals surface area (Å²) in [5, 5.41) is 12.5. The van der Waals surface area contributed by atoms with Gasteiger partial charge in [-0.15, -0.1) is 0 Å². The van der Waals surface area contributed by atoms with Crippen LogP contribution >= 0.6 is 24.0 Å². The maximum atomic E-state index is 11.6. The number of amides is 1. The second-order valence-electron chi connectivity index (χ2n) is 5.38. The van der Waals surface area contributed by atoms with Crippen molar-refractivity contribution < 1.29 is 9.90 Å². The molecule has 3 nitrogen and oxygen atoms in total. The van der Waals surface area contributed by atoms with Crippen molar-refractivity contribution in [3.8, 4) is 5.75 Å². The fourth-order valence-corrected chi connectivity index (χ4v) is 2.86. The van der Waals surface area contributed by atoms with E-state index in [2.05, 4.69) is 5.32 Å². The molecule has 100 valence electrons. The van der Waals surface area contributed by atoms with Gasteiger partial charge in [-0.3, -0.25) is 4.79 Å². The third-order valence-corrected chi connectivity index (χ3v) is 3.93. The number of hydrogen-bond donors (Lipinski definition) is 2. The standard InChI is InChI=1S/C14H15NO2S2/c1-14(2,3)9-6-8(4-5-10(9)16)7-11-12(17)15-13(18)19-11/h4-7,16H,1-3H3,(H,15,17,18)/b11-7+. The number of nitrogens with one attached hydrogen (secondary N) is 1. The van der Waals surface area contributed by atoms with Crippen molar-refractivity contribution >= 4 is 40.3 Å². The van der Waals surface area contributed by atoms with Gasteiger partial charge in [-0.1, -0.05) is 50.8 Å². The van der Waals surface area contributed by atoms with Crippen LogP contribution in [0.25, 0.3) is 6.08 Å². The third kappa shape index (κ3) is 3.16. The van der Waals surface area contributed by atoms with E-state index < -0.39 is 0 Å². The van der Waals surface area contributed by atoms with Gasteiger partial charge >= 0.3 is 0 Å². The summed E-state index contributed by atoms with van der Waals surface area (Å²) >= 11 is 6.20. The Hall–Kier alpha value is -1.33. The van der Waals surface area contributed by atoms with Gasteiger partial charge in [0.25, 0.3) is 5.91 Å². The molecule has 5 heteroatoms. The lowest BCUT2D eigenvalue weighted by molar-refractivity contribution is -0.115. The quantitative estimate of drug-likeness (QED) is 0.617. The van der Waals surface area contributed by atoms with E-state index in [0.29, 0.717) is 9.23 Å². The van der Waals surface area contributed by atoms with Crippen molar-refractivity contribution in [2.24, 2.45) is 0 Å². The normalized spacial score (nSPS) is 17.9. The van der Waals surface area contributed by atoms with Crippen molar-refractivity contribution in [3.05, 3.63) is 34.2 Å². The zero-order chi connectivity index (χ0) is 14.2. The van der Waals surface area contributed by atoms with Crippen molar-refractivity contribution in [2.75, 3.05) is 0 Å². The van der Waals surface area contributed by atoms with Gasteiger partial charge in [0, 0.05) is 0 Å². The second kappa shape index (κ2) is 4.98. The molecule has 1 aromatic carbocycles. The van der Waals surface area contributed by atoms with Gasteiger partial charge in [0.2, 0.25) is 0 Å². The number of aromatic hydroxyl groups is 1. The van der Waals surface area contributed by atoms with Crippen LogP contribution in [-0.4, -0.2) is 15.3 Å². The number of carbonyl (C=O) groups is 1. The van der Waals surface area contributed by atoms with Gasteiger partial charge in [0.15, 0.2) is 0 Å². The molecule has 2 rings (SSSR count). The van der Waals surface area contributed by atoms with Crippen LogP contribution in [0.4, 0.5) is 0 Å². The smallest absolute Gasteiger partial charge is 0.263 e. The minimum Gasteiger partial charge on any atom is -0.508 e. The number of thioether (sulfide) groups is 1. The molecule has 0 aromatic heterocycles. The zero-order valence-electron chi connectivity index (χ0n) is 11.0. The Bertz CT molecular complexity index is 586. The summed E-state index contributed by atoms with van der Waals surface area (Å²) in [6.07, 6.45) is 1.79. The average molecular weight is 293 g/mol. The van der Waals surface area contributed by atoms with Gasteiger partial charge in [0.1, 0.15) is 10.1 Å². The van der Waals surface area contributed by atoms with Crippen LogP contribution in [0.3, 0.4) is 0 Å². The summed E-state index contributed by atoms with van der Waals surface area (Å²) < 4.78 is 0.478. The number of benzene rings is 1. The summed E-state index contributed by atoms with van der Waals surface area (Å²) in [6.45, 7) is 6.10. The highest BCUT2D eigenvalue weighted by atomic mass is 32.2. The first kappa shape index (κ1) is 14.1. The monoisotopic (exact) mass is 293 g/mol. The van der Waals surface area contributed by atoms with E-state index >= 15 is 0 Å². The van der Waals surface area contributed by atoms with Crippen LogP contribution in [0, 0.1) is 0 Å². The molecule has 1 aliphatic heterocycles. The molecule has 2 N–H and O–H groups in total. The van der Waals surface area contributed by atoms with E-state index in [1.54, 1.807) is 18.2 Å². The topological polar surface area (TPSA) is 49.3 Å². The van der Waals surface area contributed by atoms with Gasteiger partial charge in [-0.25, -0.2) is 0 Å². The fraction of sp³-hybridized carbons (Fsp3) is 0.286. The first-order valence-electron chi connectivity index (χ1n) is 5.86. The summed E-state index contributed by atoms with van der Waals surface area (Å²) in [4.78, 5) is 12.2. The molecule has 1 amide bonds. The zero-order valence-corrected chi connectivity index (χ0v) is 12.6. The number of hydrogen-bond acceptors (Lipinski definition) is 4.